The molecule has 2 nitrogen and oxygen atoms in total. The highest BCUT2D eigenvalue weighted by Gasteiger charge is 2.00. The summed E-state index contributed by atoms with van der Waals surface area (Å²) in [7, 11) is 1.66. The summed E-state index contributed by atoms with van der Waals surface area (Å²) in [5.41, 5.74) is 0. The highest BCUT2D eigenvalue weighted by atomic mass is 16.5. The molecule has 0 aromatic heterocycles. The normalized spacial score (nSPS) is 9.00. The molecule has 0 atom stereocenters. The van der Waals surface area contributed by atoms with E-state index in [0.29, 0.717) is 0 Å². The lowest BCUT2D eigenvalue weighted by atomic mass is 10.2. The maximum Gasteiger partial charge on any atom is 0.161 e. The summed E-state index contributed by atoms with van der Waals surface area (Å²) in [4.78, 5) is 0. The van der Waals surface area contributed by atoms with Crippen LogP contribution in [-0.4, -0.2) is 13.7 Å². The van der Waals surface area contributed by atoms with E-state index >= 15 is 0 Å². The molecule has 92 valence electrons. The Morgan fingerprint density at radius 3 is 2.19 bits per heavy atom. The number of rotatable bonds is 6. The van der Waals surface area contributed by atoms with Crippen molar-refractivity contribution in [3.8, 4) is 11.5 Å². The Kier molecular flexibility index (Phi) is 9.58. The van der Waals surface area contributed by atoms with Crippen LogP contribution < -0.4 is 9.47 Å². The molecule has 0 radical (unpaired) electrons. The van der Waals surface area contributed by atoms with Crippen LogP contribution in [0.25, 0.3) is 0 Å². The Bertz CT molecular complexity index is 259. The third-order valence-electron chi connectivity index (χ3n) is 2.07. The zero-order valence-electron chi connectivity index (χ0n) is 11.0. The first-order valence-electron chi connectivity index (χ1n) is 6.14. The molecule has 0 spiro atoms. The van der Waals surface area contributed by atoms with Crippen molar-refractivity contribution in [1.29, 1.82) is 0 Å². The van der Waals surface area contributed by atoms with Gasteiger partial charge < -0.3 is 9.47 Å². The number of methoxy groups -OCH3 is 1. The average molecular weight is 224 g/mol. The van der Waals surface area contributed by atoms with Gasteiger partial charge in [-0.1, -0.05) is 45.7 Å². The molecule has 1 aromatic carbocycles. The van der Waals surface area contributed by atoms with Crippen LogP contribution in [-0.2, 0) is 0 Å². The second-order valence-corrected chi connectivity index (χ2v) is 3.21. The zero-order valence-corrected chi connectivity index (χ0v) is 11.0. The lowest BCUT2D eigenvalue weighted by Gasteiger charge is -2.09. The molecule has 0 fully saturated rings. The molecular formula is C14H24O2. The third kappa shape index (κ3) is 5.64. The van der Waals surface area contributed by atoms with Gasteiger partial charge in [0.1, 0.15) is 0 Å². The van der Waals surface area contributed by atoms with Crippen molar-refractivity contribution in [1.82, 2.24) is 0 Å². The van der Waals surface area contributed by atoms with Gasteiger partial charge in [0.15, 0.2) is 11.5 Å². The fourth-order valence-electron chi connectivity index (χ4n) is 1.27. The van der Waals surface area contributed by atoms with Crippen molar-refractivity contribution in [2.24, 2.45) is 0 Å². The Labute approximate surface area is 99.6 Å². The molecule has 0 aliphatic heterocycles. The molecule has 0 unspecified atom stereocenters. The molecule has 2 heteroatoms. The Hall–Kier alpha value is -1.18. The minimum absolute atomic E-state index is 0.772. The molecular weight excluding hydrogens is 200 g/mol. The number of benzene rings is 1. The summed E-state index contributed by atoms with van der Waals surface area (Å²) in [6, 6.07) is 7.75. The number of unbranched alkanes of at least 4 members (excludes halogenated alkanes) is 2. The smallest absolute Gasteiger partial charge is 0.161 e. The first-order valence-corrected chi connectivity index (χ1v) is 6.14. The van der Waals surface area contributed by atoms with E-state index in [-0.39, 0.29) is 0 Å². The van der Waals surface area contributed by atoms with E-state index in [1.54, 1.807) is 7.11 Å². The Balaban J connectivity index is 0.00000106. The quantitative estimate of drug-likeness (QED) is 0.671. The maximum atomic E-state index is 5.61. The number of para-hydroxylation sites is 2. The van der Waals surface area contributed by atoms with Crippen LogP contribution in [0.5, 0.6) is 11.5 Å². The van der Waals surface area contributed by atoms with Gasteiger partial charge in [-0.05, 0) is 18.6 Å². The van der Waals surface area contributed by atoms with E-state index in [1.807, 2.05) is 38.1 Å². The van der Waals surface area contributed by atoms with Crippen molar-refractivity contribution in [3.05, 3.63) is 24.3 Å². The van der Waals surface area contributed by atoms with Gasteiger partial charge in [-0.15, -0.1) is 0 Å². The topological polar surface area (TPSA) is 18.5 Å². The number of hydrogen-bond donors (Lipinski definition) is 0. The Morgan fingerprint density at radius 1 is 1.00 bits per heavy atom. The molecule has 1 aromatic rings. The monoisotopic (exact) mass is 224 g/mol. The lowest BCUT2D eigenvalue weighted by Crippen LogP contribution is -1.98. The molecule has 0 heterocycles. The summed E-state index contributed by atoms with van der Waals surface area (Å²) in [6.07, 6.45) is 3.54. The van der Waals surface area contributed by atoms with E-state index in [0.717, 1.165) is 24.5 Å². The summed E-state index contributed by atoms with van der Waals surface area (Å²) >= 11 is 0. The zero-order chi connectivity index (χ0) is 12.2. The van der Waals surface area contributed by atoms with Crippen molar-refractivity contribution < 1.29 is 9.47 Å². The van der Waals surface area contributed by atoms with Crippen molar-refractivity contribution in [2.75, 3.05) is 13.7 Å². The summed E-state index contributed by atoms with van der Waals surface area (Å²) in [6.45, 7) is 6.96. The van der Waals surface area contributed by atoms with Gasteiger partial charge in [-0.3, -0.25) is 0 Å². The van der Waals surface area contributed by atoms with Crippen LogP contribution in [0.1, 0.15) is 40.0 Å². The van der Waals surface area contributed by atoms with Crippen LogP contribution in [0.4, 0.5) is 0 Å². The van der Waals surface area contributed by atoms with Gasteiger partial charge >= 0.3 is 0 Å². The van der Waals surface area contributed by atoms with Crippen molar-refractivity contribution >= 4 is 0 Å². The molecule has 0 N–H and O–H groups in total. The summed E-state index contributed by atoms with van der Waals surface area (Å²) in [5.74, 6) is 1.65. The number of ether oxygens (including phenoxy) is 2. The molecule has 0 amide bonds. The number of hydrogen-bond acceptors (Lipinski definition) is 2. The predicted molar refractivity (Wildman–Crippen MR) is 69.4 cm³/mol. The van der Waals surface area contributed by atoms with E-state index in [4.69, 9.17) is 9.47 Å². The lowest BCUT2D eigenvalue weighted by molar-refractivity contribution is 0.286. The summed E-state index contributed by atoms with van der Waals surface area (Å²) in [5, 5.41) is 0. The van der Waals surface area contributed by atoms with Gasteiger partial charge in [0, 0.05) is 0 Å². The van der Waals surface area contributed by atoms with E-state index in [9.17, 15) is 0 Å². The predicted octanol–water partition coefficient (Wildman–Crippen LogP) is 4.29. The largest absolute Gasteiger partial charge is 0.493 e. The van der Waals surface area contributed by atoms with Gasteiger partial charge in [0.2, 0.25) is 0 Å². The molecule has 0 saturated heterocycles. The Morgan fingerprint density at radius 2 is 1.62 bits per heavy atom. The fourth-order valence-corrected chi connectivity index (χ4v) is 1.27. The SMILES string of the molecule is CC.CCCCCOc1ccccc1OC. The molecule has 0 saturated carbocycles. The fraction of sp³-hybridized carbons (Fsp3) is 0.571. The van der Waals surface area contributed by atoms with Crippen LogP contribution in [0, 0.1) is 0 Å². The second-order valence-electron chi connectivity index (χ2n) is 3.21. The molecule has 0 aliphatic carbocycles. The van der Waals surface area contributed by atoms with Crippen molar-refractivity contribution in [3.63, 3.8) is 0 Å². The van der Waals surface area contributed by atoms with Crippen LogP contribution in [0.3, 0.4) is 0 Å². The standard InChI is InChI=1S/C12H18O2.C2H6/c1-3-4-7-10-14-12-9-6-5-8-11(12)13-2;1-2/h5-6,8-9H,3-4,7,10H2,1-2H3;1-2H3. The van der Waals surface area contributed by atoms with E-state index < -0.39 is 0 Å². The van der Waals surface area contributed by atoms with Gasteiger partial charge in [-0.2, -0.15) is 0 Å². The maximum absolute atomic E-state index is 5.61. The van der Waals surface area contributed by atoms with Crippen molar-refractivity contribution in [2.45, 2.75) is 40.0 Å². The minimum Gasteiger partial charge on any atom is -0.493 e. The highest BCUT2D eigenvalue weighted by Crippen LogP contribution is 2.25. The molecule has 0 bridgehead atoms. The van der Waals surface area contributed by atoms with Crippen LogP contribution in [0.15, 0.2) is 24.3 Å². The summed E-state index contributed by atoms with van der Waals surface area (Å²) < 4.78 is 10.8. The highest BCUT2D eigenvalue weighted by molar-refractivity contribution is 5.39. The first kappa shape index (κ1) is 14.8. The van der Waals surface area contributed by atoms with Crippen LogP contribution >= 0.6 is 0 Å². The van der Waals surface area contributed by atoms with E-state index in [2.05, 4.69) is 6.92 Å². The average Bonchev–Trinajstić information content (AvgIpc) is 2.37. The first-order chi connectivity index (χ1) is 7.88. The van der Waals surface area contributed by atoms with Crippen LogP contribution in [0.2, 0.25) is 0 Å². The van der Waals surface area contributed by atoms with E-state index in [1.165, 1.54) is 12.8 Å². The van der Waals surface area contributed by atoms with Gasteiger partial charge in [-0.25, -0.2) is 0 Å². The molecule has 1 rings (SSSR count). The minimum atomic E-state index is 0.772. The second kappa shape index (κ2) is 10.3. The molecule has 0 aliphatic rings. The third-order valence-corrected chi connectivity index (χ3v) is 2.07. The van der Waals surface area contributed by atoms with Gasteiger partial charge in [0.05, 0.1) is 13.7 Å². The molecule has 16 heavy (non-hydrogen) atoms. The van der Waals surface area contributed by atoms with Gasteiger partial charge in [0.25, 0.3) is 0 Å².